The van der Waals surface area contributed by atoms with Crippen molar-refractivity contribution in [2.45, 2.75) is 229 Å². The summed E-state index contributed by atoms with van der Waals surface area (Å²) < 4.78 is 11.0. The van der Waals surface area contributed by atoms with Crippen molar-refractivity contribution in [2.75, 3.05) is 13.2 Å². The standard InChI is InChI=1S/C48H80N2O4S2/c1-3-5-7-9-11-13-15-17-19-21-23-25-27-29-31-33-39-53-47(51)43-35-37-45(49-41-43)55-56-46-38-36-44(42-50-46)48(52)54-40-34-32-30-28-26-24-22-20-18-16-14-12-10-8-6-4-2/h35-38,41-42H,3-34,39-40H2,1-2H3. The van der Waals surface area contributed by atoms with E-state index in [0.29, 0.717) is 24.3 Å². The molecule has 0 spiro atoms. The zero-order valence-corrected chi connectivity index (χ0v) is 37.5. The third-order valence-electron chi connectivity index (χ3n) is 10.6. The fraction of sp³-hybridized carbons (Fsp3) is 0.750. The maximum Gasteiger partial charge on any atom is 0.339 e. The number of ether oxygens (including phenoxy) is 2. The van der Waals surface area contributed by atoms with Crippen molar-refractivity contribution < 1.29 is 19.1 Å². The van der Waals surface area contributed by atoms with Gasteiger partial charge in [0.1, 0.15) is 10.1 Å². The van der Waals surface area contributed by atoms with Crippen LogP contribution in [0, 0.1) is 0 Å². The topological polar surface area (TPSA) is 78.4 Å². The van der Waals surface area contributed by atoms with Crippen LogP contribution in [0.15, 0.2) is 46.7 Å². The van der Waals surface area contributed by atoms with E-state index in [-0.39, 0.29) is 11.9 Å². The largest absolute Gasteiger partial charge is 0.462 e. The van der Waals surface area contributed by atoms with E-state index >= 15 is 0 Å². The van der Waals surface area contributed by atoms with Crippen molar-refractivity contribution in [3.05, 3.63) is 47.8 Å². The Hall–Kier alpha value is -2.06. The third kappa shape index (κ3) is 28.4. The number of aromatic nitrogens is 2. The van der Waals surface area contributed by atoms with Crippen molar-refractivity contribution in [1.82, 2.24) is 9.97 Å². The molecule has 0 aliphatic heterocycles. The summed E-state index contributed by atoms with van der Waals surface area (Å²) in [4.78, 5) is 33.8. The van der Waals surface area contributed by atoms with Gasteiger partial charge in [-0.25, -0.2) is 19.6 Å². The van der Waals surface area contributed by atoms with E-state index in [1.165, 1.54) is 201 Å². The second kappa shape index (κ2) is 37.2. The van der Waals surface area contributed by atoms with Crippen LogP contribution >= 0.6 is 21.6 Å². The van der Waals surface area contributed by atoms with Crippen LogP contribution in [0.25, 0.3) is 0 Å². The Balaban J connectivity index is 1.41. The summed E-state index contributed by atoms with van der Waals surface area (Å²) in [6, 6.07) is 7.18. The van der Waals surface area contributed by atoms with Crippen LogP contribution in [-0.4, -0.2) is 35.1 Å². The summed E-state index contributed by atoms with van der Waals surface area (Å²) in [6.07, 6.45) is 45.5. The van der Waals surface area contributed by atoms with Gasteiger partial charge in [-0.05, 0) is 58.7 Å². The Morgan fingerprint density at radius 2 is 0.643 bits per heavy atom. The van der Waals surface area contributed by atoms with E-state index in [9.17, 15) is 9.59 Å². The minimum absolute atomic E-state index is 0.318. The van der Waals surface area contributed by atoms with Gasteiger partial charge in [-0.2, -0.15) is 0 Å². The van der Waals surface area contributed by atoms with Gasteiger partial charge in [0.2, 0.25) is 0 Å². The number of pyridine rings is 2. The first-order chi connectivity index (χ1) is 27.6. The van der Waals surface area contributed by atoms with Gasteiger partial charge in [0, 0.05) is 12.4 Å². The highest BCUT2D eigenvalue weighted by atomic mass is 33.1. The summed E-state index contributed by atoms with van der Waals surface area (Å²) in [5, 5.41) is 1.54. The highest BCUT2D eigenvalue weighted by Crippen LogP contribution is 2.35. The number of esters is 2. The normalized spacial score (nSPS) is 11.2. The van der Waals surface area contributed by atoms with Gasteiger partial charge < -0.3 is 9.47 Å². The van der Waals surface area contributed by atoms with E-state index in [2.05, 4.69) is 23.8 Å². The lowest BCUT2D eigenvalue weighted by molar-refractivity contribution is 0.0487. The molecule has 2 aromatic heterocycles. The maximum atomic E-state index is 12.5. The molecule has 56 heavy (non-hydrogen) atoms. The smallest absolute Gasteiger partial charge is 0.339 e. The predicted octanol–water partition coefficient (Wildman–Crippen LogP) is 16.1. The molecule has 0 fully saturated rings. The van der Waals surface area contributed by atoms with Crippen molar-refractivity contribution >= 4 is 33.5 Å². The minimum atomic E-state index is -0.318. The lowest BCUT2D eigenvalue weighted by atomic mass is 10.0. The summed E-state index contributed by atoms with van der Waals surface area (Å²) >= 11 is 0. The molecule has 0 saturated carbocycles. The van der Waals surface area contributed by atoms with E-state index in [0.717, 1.165) is 35.7 Å². The zero-order valence-electron chi connectivity index (χ0n) is 35.8. The third-order valence-corrected chi connectivity index (χ3v) is 12.8. The van der Waals surface area contributed by atoms with Gasteiger partial charge >= 0.3 is 11.9 Å². The van der Waals surface area contributed by atoms with E-state index in [1.54, 1.807) is 24.5 Å². The van der Waals surface area contributed by atoms with Crippen molar-refractivity contribution in [3.8, 4) is 0 Å². The van der Waals surface area contributed by atoms with E-state index in [1.807, 2.05) is 12.1 Å². The van der Waals surface area contributed by atoms with Crippen LogP contribution in [0.4, 0.5) is 0 Å². The lowest BCUT2D eigenvalue weighted by Gasteiger charge is -2.06. The van der Waals surface area contributed by atoms with Crippen LogP contribution in [0.3, 0.4) is 0 Å². The molecule has 0 atom stereocenters. The molecule has 318 valence electrons. The molecule has 0 amide bonds. The Kier molecular flexibility index (Phi) is 33.3. The number of nitrogens with zero attached hydrogens (tertiary/aromatic N) is 2. The van der Waals surface area contributed by atoms with Crippen LogP contribution in [0.5, 0.6) is 0 Å². The number of carbonyl (C=O) groups excluding carboxylic acids is 2. The molecule has 0 radical (unpaired) electrons. The van der Waals surface area contributed by atoms with Crippen LogP contribution in [0.2, 0.25) is 0 Å². The van der Waals surface area contributed by atoms with Crippen molar-refractivity contribution in [1.29, 1.82) is 0 Å². The number of rotatable bonds is 39. The average molecular weight is 813 g/mol. The Labute approximate surface area is 351 Å². The first-order valence-electron chi connectivity index (χ1n) is 23.2. The molecule has 8 heteroatoms. The van der Waals surface area contributed by atoms with Gasteiger partial charge in [0.15, 0.2) is 0 Å². The average Bonchev–Trinajstić information content (AvgIpc) is 3.22. The van der Waals surface area contributed by atoms with E-state index in [4.69, 9.17) is 9.47 Å². The molecule has 0 unspecified atom stereocenters. The maximum absolute atomic E-state index is 12.5. The molecule has 2 heterocycles. The Bertz CT molecular complexity index is 1100. The van der Waals surface area contributed by atoms with Crippen molar-refractivity contribution in [2.24, 2.45) is 0 Å². The van der Waals surface area contributed by atoms with Gasteiger partial charge in [0.05, 0.1) is 24.3 Å². The predicted molar refractivity (Wildman–Crippen MR) is 240 cm³/mol. The molecule has 0 aliphatic carbocycles. The number of unbranched alkanes of at least 4 members (excludes halogenated alkanes) is 30. The number of carbonyl (C=O) groups is 2. The second-order valence-corrected chi connectivity index (χ2v) is 18.0. The summed E-state index contributed by atoms with van der Waals surface area (Å²) in [5.41, 5.74) is 0.938. The first kappa shape index (κ1) is 50.1. The van der Waals surface area contributed by atoms with E-state index < -0.39 is 0 Å². The van der Waals surface area contributed by atoms with Gasteiger partial charge in [0.25, 0.3) is 0 Å². The zero-order chi connectivity index (χ0) is 40.0. The van der Waals surface area contributed by atoms with Crippen LogP contribution in [0.1, 0.15) is 240 Å². The first-order valence-corrected chi connectivity index (χ1v) is 25.4. The van der Waals surface area contributed by atoms with Crippen molar-refractivity contribution in [3.63, 3.8) is 0 Å². The molecule has 2 aromatic rings. The molecular weight excluding hydrogens is 733 g/mol. The van der Waals surface area contributed by atoms with Crippen LogP contribution < -0.4 is 0 Å². The molecule has 0 saturated heterocycles. The molecule has 6 nitrogen and oxygen atoms in total. The molecule has 2 rings (SSSR count). The summed E-state index contributed by atoms with van der Waals surface area (Å²) in [5.74, 6) is -0.636. The summed E-state index contributed by atoms with van der Waals surface area (Å²) in [6.45, 7) is 5.47. The van der Waals surface area contributed by atoms with Gasteiger partial charge in [-0.3, -0.25) is 0 Å². The van der Waals surface area contributed by atoms with Crippen LogP contribution in [-0.2, 0) is 9.47 Å². The highest BCUT2D eigenvalue weighted by molar-refractivity contribution is 8.76. The lowest BCUT2D eigenvalue weighted by Crippen LogP contribution is -2.07. The molecule has 0 aromatic carbocycles. The molecule has 0 aliphatic rings. The minimum Gasteiger partial charge on any atom is -0.462 e. The number of hydrogen-bond acceptors (Lipinski definition) is 8. The fourth-order valence-electron chi connectivity index (χ4n) is 6.98. The molecule has 0 N–H and O–H groups in total. The highest BCUT2D eigenvalue weighted by Gasteiger charge is 2.11. The molecular formula is C48H80N2O4S2. The van der Waals surface area contributed by atoms with Gasteiger partial charge in [-0.1, -0.05) is 206 Å². The fourth-order valence-corrected chi connectivity index (χ4v) is 8.70. The Morgan fingerprint density at radius 1 is 0.393 bits per heavy atom. The SMILES string of the molecule is CCCCCCCCCCCCCCCCCCOC(=O)c1ccc(SSc2ccc(C(=O)OCCCCCCCCCCCCCCCCCC)cn2)nc1. The quantitative estimate of drug-likeness (QED) is 0.0375. The number of hydrogen-bond donors (Lipinski definition) is 0. The monoisotopic (exact) mass is 813 g/mol. The summed E-state index contributed by atoms with van der Waals surface area (Å²) in [7, 11) is 2.91. The molecule has 0 bridgehead atoms. The second-order valence-electron chi connectivity index (χ2n) is 15.8. The van der Waals surface area contributed by atoms with Gasteiger partial charge in [-0.15, -0.1) is 0 Å². The Morgan fingerprint density at radius 3 is 0.875 bits per heavy atom.